The van der Waals surface area contributed by atoms with Crippen LogP contribution < -0.4 is 0 Å². The van der Waals surface area contributed by atoms with E-state index in [2.05, 4.69) is 24.4 Å². The third kappa shape index (κ3) is 63.1. The van der Waals surface area contributed by atoms with Gasteiger partial charge in [0.05, 0.1) is 0 Å². The molecule has 0 aromatic heterocycles. The van der Waals surface area contributed by atoms with E-state index < -0.39 is 5.05 Å². The van der Waals surface area contributed by atoms with Crippen LogP contribution in [0.15, 0.2) is 0 Å². The summed E-state index contributed by atoms with van der Waals surface area (Å²) < 4.78 is 0. The molecule has 0 heterocycles. The summed E-state index contributed by atoms with van der Waals surface area (Å²) in [6.45, 7) is 0. The van der Waals surface area contributed by atoms with Crippen LogP contribution in [0.3, 0.4) is 0 Å². The van der Waals surface area contributed by atoms with Crippen molar-refractivity contribution in [2.45, 2.75) is 0 Å². The zero-order valence-corrected chi connectivity index (χ0v) is 5.37. The van der Waals surface area contributed by atoms with Crippen LogP contribution in [0.1, 0.15) is 0 Å². The standard InChI is InChI=1S/C2HNOS.CH2OS.Na.H/c3-1-2(4)5;2-1-3;;/h(H,4,5);1H,(H,2,3);;. The van der Waals surface area contributed by atoms with Gasteiger partial charge in [-0.15, -0.1) is 0 Å². The number of nitriles is 1. The Morgan fingerprint density at radius 3 is 1.78 bits per heavy atom. The van der Waals surface area contributed by atoms with Gasteiger partial charge in [0.15, 0.2) is 6.07 Å². The number of aliphatic hydroxyl groups is 2. The van der Waals surface area contributed by atoms with E-state index in [4.69, 9.17) is 15.5 Å². The van der Waals surface area contributed by atoms with Crippen molar-refractivity contribution in [1.29, 1.82) is 5.26 Å². The van der Waals surface area contributed by atoms with Gasteiger partial charge in [0.1, 0.15) is 5.55 Å². The number of rotatable bonds is 0. The Morgan fingerprint density at radius 1 is 1.67 bits per heavy atom. The number of thiocarbonyl (C=S) groups is 2. The Kier molecular flexibility index (Phi) is 28.2. The van der Waals surface area contributed by atoms with E-state index in [0.29, 0.717) is 5.55 Å². The van der Waals surface area contributed by atoms with E-state index in [-0.39, 0.29) is 29.6 Å². The minimum atomic E-state index is -0.606. The molecular formula is C3H4NNaO2S2. The van der Waals surface area contributed by atoms with Crippen molar-refractivity contribution in [3.05, 3.63) is 0 Å². The van der Waals surface area contributed by atoms with Crippen LogP contribution in [0.2, 0.25) is 0 Å². The van der Waals surface area contributed by atoms with Crippen molar-refractivity contribution in [1.82, 2.24) is 0 Å². The Hall–Kier alpha value is 0.270. The molecule has 9 heavy (non-hydrogen) atoms. The van der Waals surface area contributed by atoms with Gasteiger partial charge in [-0.25, -0.2) is 0 Å². The SMILES string of the molecule is N#CC(O)=S.OC=S.[NaH]. The fourth-order valence-corrected chi connectivity index (χ4v) is 0. The maximum atomic E-state index is 7.73. The molecule has 0 saturated heterocycles. The molecule has 0 aromatic rings. The Morgan fingerprint density at radius 2 is 1.78 bits per heavy atom. The van der Waals surface area contributed by atoms with Crippen molar-refractivity contribution in [3.8, 4) is 6.07 Å². The molecule has 0 unspecified atom stereocenters. The molecule has 0 atom stereocenters. The summed E-state index contributed by atoms with van der Waals surface area (Å²) in [4.78, 5) is 0. The van der Waals surface area contributed by atoms with Crippen molar-refractivity contribution in [2.24, 2.45) is 0 Å². The summed E-state index contributed by atoms with van der Waals surface area (Å²) in [5.74, 6) is 0. The monoisotopic (exact) mass is 173 g/mol. The summed E-state index contributed by atoms with van der Waals surface area (Å²) in [7, 11) is 0. The van der Waals surface area contributed by atoms with Crippen LogP contribution in [-0.2, 0) is 0 Å². The molecule has 0 aromatic carbocycles. The molecule has 0 rings (SSSR count). The summed E-state index contributed by atoms with van der Waals surface area (Å²) in [5, 5.41) is 21.9. The molecule has 3 nitrogen and oxygen atoms in total. The predicted molar refractivity (Wildman–Crippen MR) is 44.3 cm³/mol. The quantitative estimate of drug-likeness (QED) is 0.312. The van der Waals surface area contributed by atoms with Crippen LogP contribution in [-0.4, -0.2) is 50.4 Å². The number of aliphatic hydroxyl groups excluding tert-OH is 2. The second-order valence-corrected chi connectivity index (χ2v) is 1.12. The topological polar surface area (TPSA) is 64.2 Å². The second kappa shape index (κ2) is 15.7. The Bertz CT molecular complexity index is 121. The summed E-state index contributed by atoms with van der Waals surface area (Å²) in [6, 6.07) is 1.31. The van der Waals surface area contributed by atoms with E-state index in [9.17, 15) is 0 Å². The fourth-order valence-electron chi connectivity index (χ4n) is 0. The second-order valence-electron chi connectivity index (χ2n) is 0.522. The van der Waals surface area contributed by atoms with Gasteiger partial charge in [-0.1, -0.05) is 0 Å². The van der Waals surface area contributed by atoms with Gasteiger partial charge in [-0.2, -0.15) is 5.26 Å². The van der Waals surface area contributed by atoms with Crippen LogP contribution >= 0.6 is 24.4 Å². The average molecular weight is 173 g/mol. The number of nitrogens with zero attached hydrogens (tertiary/aromatic N) is 1. The van der Waals surface area contributed by atoms with E-state index in [0.717, 1.165) is 0 Å². The molecular weight excluding hydrogens is 169 g/mol. The first-order chi connectivity index (χ1) is 3.68. The van der Waals surface area contributed by atoms with E-state index in [1.807, 2.05) is 0 Å². The van der Waals surface area contributed by atoms with Crippen molar-refractivity contribution in [3.63, 3.8) is 0 Å². The zero-order chi connectivity index (χ0) is 6.99. The van der Waals surface area contributed by atoms with Crippen LogP contribution in [0.4, 0.5) is 0 Å². The summed E-state index contributed by atoms with van der Waals surface area (Å²) in [5.41, 5.74) is 0.583. The molecule has 0 aliphatic heterocycles. The summed E-state index contributed by atoms with van der Waals surface area (Å²) in [6.07, 6.45) is 0. The van der Waals surface area contributed by atoms with Gasteiger partial charge < -0.3 is 10.2 Å². The van der Waals surface area contributed by atoms with E-state index in [1.54, 1.807) is 0 Å². The minimum absolute atomic E-state index is 0. The van der Waals surface area contributed by atoms with Crippen LogP contribution in [0.5, 0.6) is 0 Å². The molecule has 0 fully saturated rings. The van der Waals surface area contributed by atoms with E-state index >= 15 is 0 Å². The van der Waals surface area contributed by atoms with Crippen LogP contribution in [0.25, 0.3) is 0 Å². The molecule has 2 N–H and O–H groups in total. The molecule has 6 heteroatoms. The molecule has 46 valence electrons. The first kappa shape index (κ1) is 16.1. The molecule has 0 spiro atoms. The van der Waals surface area contributed by atoms with Crippen molar-refractivity contribution >= 4 is 64.6 Å². The fraction of sp³-hybridized carbons (Fsp3) is 0. The number of hydrogen-bond acceptors (Lipinski definition) is 3. The van der Waals surface area contributed by atoms with Gasteiger partial charge >= 0.3 is 29.6 Å². The predicted octanol–water partition coefficient (Wildman–Crippen LogP) is 0.248. The average Bonchev–Trinajstić information content (AvgIpc) is 1.69. The van der Waals surface area contributed by atoms with Gasteiger partial charge in [0.2, 0.25) is 0 Å². The zero-order valence-electron chi connectivity index (χ0n) is 3.74. The van der Waals surface area contributed by atoms with Gasteiger partial charge in [0.25, 0.3) is 5.05 Å². The van der Waals surface area contributed by atoms with Gasteiger partial charge in [-0.05, 0) is 24.4 Å². The first-order valence-electron chi connectivity index (χ1n) is 1.40. The molecule has 0 amide bonds. The molecule has 0 radical (unpaired) electrons. The Labute approximate surface area is 85.6 Å². The summed E-state index contributed by atoms with van der Waals surface area (Å²) >= 11 is 7.72. The third-order valence-electron chi connectivity index (χ3n) is 0.0956. The van der Waals surface area contributed by atoms with Gasteiger partial charge in [0, 0.05) is 0 Å². The number of hydrogen-bond donors (Lipinski definition) is 2. The van der Waals surface area contributed by atoms with E-state index in [1.165, 1.54) is 6.07 Å². The normalized spacial score (nSPS) is 4.33. The molecule has 0 aliphatic carbocycles. The maximum absolute atomic E-state index is 7.73. The molecule has 0 saturated carbocycles. The third-order valence-corrected chi connectivity index (χ3v) is 0.187. The van der Waals surface area contributed by atoms with Crippen molar-refractivity contribution in [2.75, 3.05) is 0 Å². The first-order valence-corrected chi connectivity index (χ1v) is 2.27. The Balaban J connectivity index is -0.0000000800. The molecule has 0 bridgehead atoms. The van der Waals surface area contributed by atoms with Crippen LogP contribution in [0, 0.1) is 11.3 Å². The van der Waals surface area contributed by atoms with Crippen molar-refractivity contribution < 1.29 is 10.2 Å². The van der Waals surface area contributed by atoms with Gasteiger partial charge in [-0.3, -0.25) is 0 Å². The molecule has 0 aliphatic rings.